The van der Waals surface area contributed by atoms with E-state index >= 15 is 0 Å². The summed E-state index contributed by atoms with van der Waals surface area (Å²) in [6, 6.07) is 4.75. The van der Waals surface area contributed by atoms with Gasteiger partial charge in [0.25, 0.3) is 0 Å². The van der Waals surface area contributed by atoms with Crippen LogP contribution in [0.4, 0.5) is 11.4 Å². The first-order valence-electron chi connectivity index (χ1n) is 5.87. The topological polar surface area (TPSA) is 90.1 Å². The van der Waals surface area contributed by atoms with Crippen LogP contribution in [-0.2, 0) is 11.3 Å². The molecule has 0 bridgehead atoms. The van der Waals surface area contributed by atoms with Crippen LogP contribution in [0.3, 0.4) is 0 Å². The molecule has 0 saturated heterocycles. The van der Waals surface area contributed by atoms with Crippen LogP contribution in [0.2, 0.25) is 10.0 Å². The number of hydrogen-bond donors (Lipinski definition) is 1. The van der Waals surface area contributed by atoms with Gasteiger partial charge in [0.2, 0.25) is 5.91 Å². The van der Waals surface area contributed by atoms with E-state index < -0.39 is 4.92 Å². The predicted octanol–water partition coefficient (Wildman–Crippen LogP) is 3.13. The molecule has 2 rings (SSSR count). The number of benzene rings is 1. The van der Waals surface area contributed by atoms with Crippen LogP contribution in [0.25, 0.3) is 0 Å². The average molecular weight is 329 g/mol. The van der Waals surface area contributed by atoms with Crippen molar-refractivity contribution in [1.29, 1.82) is 0 Å². The first-order valence-corrected chi connectivity index (χ1v) is 6.63. The maximum absolute atomic E-state index is 11.8. The van der Waals surface area contributed by atoms with E-state index in [9.17, 15) is 14.9 Å². The number of rotatable bonds is 5. The zero-order valence-electron chi connectivity index (χ0n) is 10.6. The number of nitro groups is 1. The van der Waals surface area contributed by atoms with Crippen molar-refractivity contribution < 1.29 is 9.72 Å². The normalized spacial score (nSPS) is 10.4. The Bertz CT molecular complexity index is 687. The number of amides is 1. The number of carbonyl (C=O) groups excluding carboxylic acids is 1. The van der Waals surface area contributed by atoms with Crippen LogP contribution in [0.5, 0.6) is 0 Å². The first-order chi connectivity index (χ1) is 9.95. The van der Waals surface area contributed by atoms with Crippen molar-refractivity contribution in [3.05, 3.63) is 50.8 Å². The quantitative estimate of drug-likeness (QED) is 0.674. The van der Waals surface area contributed by atoms with Crippen molar-refractivity contribution >= 4 is 40.5 Å². The fourth-order valence-corrected chi connectivity index (χ4v) is 1.88. The fourth-order valence-electron chi connectivity index (χ4n) is 1.58. The molecule has 0 aliphatic rings. The van der Waals surface area contributed by atoms with Crippen LogP contribution < -0.4 is 5.32 Å². The van der Waals surface area contributed by atoms with Crippen molar-refractivity contribution in [3.8, 4) is 0 Å². The Morgan fingerprint density at radius 3 is 2.76 bits per heavy atom. The summed E-state index contributed by atoms with van der Waals surface area (Å²) < 4.78 is 1.34. The van der Waals surface area contributed by atoms with E-state index in [4.69, 9.17) is 23.2 Å². The van der Waals surface area contributed by atoms with E-state index in [2.05, 4.69) is 10.4 Å². The maximum Gasteiger partial charge on any atom is 0.306 e. The van der Waals surface area contributed by atoms with Crippen LogP contribution >= 0.6 is 23.2 Å². The van der Waals surface area contributed by atoms with Crippen LogP contribution in [0, 0.1) is 10.1 Å². The van der Waals surface area contributed by atoms with Gasteiger partial charge >= 0.3 is 5.69 Å². The van der Waals surface area contributed by atoms with Gasteiger partial charge in [-0.3, -0.25) is 19.6 Å². The second kappa shape index (κ2) is 6.55. The van der Waals surface area contributed by atoms with Gasteiger partial charge in [-0.1, -0.05) is 23.2 Å². The second-order valence-electron chi connectivity index (χ2n) is 4.15. The molecular formula is C12H10Cl2N4O3. The highest BCUT2D eigenvalue weighted by Crippen LogP contribution is 2.25. The van der Waals surface area contributed by atoms with Gasteiger partial charge in [0.1, 0.15) is 12.4 Å². The highest BCUT2D eigenvalue weighted by molar-refractivity contribution is 6.42. The molecule has 0 unspecified atom stereocenters. The molecule has 0 spiro atoms. The van der Waals surface area contributed by atoms with E-state index in [1.807, 2.05) is 0 Å². The summed E-state index contributed by atoms with van der Waals surface area (Å²) in [7, 11) is 0. The first kappa shape index (κ1) is 15.3. The fraction of sp³-hybridized carbons (Fsp3) is 0.167. The number of anilines is 1. The Balaban J connectivity index is 1.89. The third-order valence-corrected chi connectivity index (χ3v) is 3.34. The molecule has 1 aromatic carbocycles. The molecule has 7 nitrogen and oxygen atoms in total. The average Bonchev–Trinajstić information content (AvgIpc) is 2.90. The number of hydrogen-bond acceptors (Lipinski definition) is 4. The van der Waals surface area contributed by atoms with Crippen molar-refractivity contribution in [1.82, 2.24) is 9.78 Å². The van der Waals surface area contributed by atoms with Crippen LogP contribution in [-0.4, -0.2) is 20.6 Å². The summed E-state index contributed by atoms with van der Waals surface area (Å²) >= 11 is 11.6. The number of aromatic nitrogens is 2. The summed E-state index contributed by atoms with van der Waals surface area (Å²) in [6.45, 7) is 0.237. The summed E-state index contributed by atoms with van der Waals surface area (Å²) in [5.74, 6) is -0.258. The van der Waals surface area contributed by atoms with Crippen molar-refractivity contribution in [3.63, 3.8) is 0 Å². The molecule has 21 heavy (non-hydrogen) atoms. The molecule has 1 heterocycles. The van der Waals surface area contributed by atoms with Gasteiger partial charge in [0, 0.05) is 18.7 Å². The lowest BCUT2D eigenvalue weighted by molar-refractivity contribution is -0.385. The zero-order valence-corrected chi connectivity index (χ0v) is 12.1. The highest BCUT2D eigenvalue weighted by Gasteiger charge is 2.10. The van der Waals surface area contributed by atoms with Gasteiger partial charge in [-0.05, 0) is 18.2 Å². The summed E-state index contributed by atoms with van der Waals surface area (Å²) in [5, 5.41) is 17.7. The number of nitrogens with zero attached hydrogens (tertiary/aromatic N) is 3. The lowest BCUT2D eigenvalue weighted by Crippen LogP contribution is -2.14. The summed E-state index contributed by atoms with van der Waals surface area (Å²) in [4.78, 5) is 21.7. The Labute approximate surface area is 129 Å². The molecule has 0 saturated carbocycles. The Morgan fingerprint density at radius 1 is 1.38 bits per heavy atom. The molecule has 9 heteroatoms. The predicted molar refractivity (Wildman–Crippen MR) is 78.6 cm³/mol. The van der Waals surface area contributed by atoms with Crippen molar-refractivity contribution in [2.45, 2.75) is 13.0 Å². The van der Waals surface area contributed by atoms with Gasteiger partial charge < -0.3 is 5.32 Å². The molecule has 110 valence electrons. The van der Waals surface area contributed by atoms with Crippen LogP contribution in [0.1, 0.15) is 6.42 Å². The lowest BCUT2D eigenvalue weighted by atomic mass is 10.3. The minimum Gasteiger partial charge on any atom is -0.326 e. The lowest BCUT2D eigenvalue weighted by Gasteiger charge is -2.06. The monoisotopic (exact) mass is 328 g/mol. The van der Waals surface area contributed by atoms with Crippen molar-refractivity contribution in [2.75, 3.05) is 5.32 Å². The van der Waals surface area contributed by atoms with Gasteiger partial charge in [0.05, 0.1) is 15.0 Å². The number of halogens is 2. The zero-order chi connectivity index (χ0) is 15.4. The van der Waals surface area contributed by atoms with E-state index in [0.717, 1.165) is 6.20 Å². The SMILES string of the molecule is O=C(CCn1cc([N+](=O)[O-])cn1)Nc1ccc(Cl)c(Cl)c1. The third-order valence-electron chi connectivity index (χ3n) is 2.60. The second-order valence-corrected chi connectivity index (χ2v) is 4.96. The maximum atomic E-state index is 11.8. The molecule has 1 aromatic heterocycles. The molecule has 1 amide bonds. The van der Waals surface area contributed by atoms with E-state index in [1.165, 1.54) is 10.9 Å². The molecule has 1 N–H and O–H groups in total. The Hall–Kier alpha value is -2.12. The summed E-state index contributed by atoms with van der Waals surface area (Å²) in [5.41, 5.74) is 0.417. The molecule has 0 aliphatic carbocycles. The summed E-state index contributed by atoms with van der Waals surface area (Å²) in [6.07, 6.45) is 2.53. The molecule has 2 aromatic rings. The molecule has 0 radical (unpaired) electrons. The molecular weight excluding hydrogens is 319 g/mol. The minimum atomic E-state index is -0.542. The van der Waals surface area contributed by atoms with Gasteiger partial charge in [-0.15, -0.1) is 0 Å². The third kappa shape index (κ3) is 4.17. The largest absolute Gasteiger partial charge is 0.326 e. The standard InChI is InChI=1S/C12H10Cl2N4O3/c13-10-2-1-8(5-11(10)14)16-12(19)3-4-17-7-9(6-15-17)18(20)21/h1-2,5-7H,3-4H2,(H,16,19). The molecule has 0 aliphatic heterocycles. The van der Waals surface area contributed by atoms with E-state index in [0.29, 0.717) is 15.7 Å². The number of carbonyl (C=O) groups is 1. The van der Waals surface area contributed by atoms with Crippen LogP contribution in [0.15, 0.2) is 30.6 Å². The minimum absolute atomic E-state index is 0.111. The van der Waals surface area contributed by atoms with E-state index in [1.54, 1.807) is 18.2 Å². The van der Waals surface area contributed by atoms with E-state index in [-0.39, 0.29) is 24.6 Å². The Kier molecular flexibility index (Phi) is 4.77. The van der Waals surface area contributed by atoms with Gasteiger partial charge in [0.15, 0.2) is 0 Å². The smallest absolute Gasteiger partial charge is 0.306 e. The van der Waals surface area contributed by atoms with Gasteiger partial charge in [-0.25, -0.2) is 0 Å². The van der Waals surface area contributed by atoms with Crippen molar-refractivity contribution in [2.24, 2.45) is 0 Å². The number of aryl methyl sites for hydroxylation is 1. The highest BCUT2D eigenvalue weighted by atomic mass is 35.5. The van der Waals surface area contributed by atoms with Gasteiger partial charge in [-0.2, -0.15) is 5.10 Å². The number of nitrogens with one attached hydrogen (secondary N) is 1. The molecule has 0 atom stereocenters. The Morgan fingerprint density at radius 2 is 2.14 bits per heavy atom. The molecule has 0 fully saturated rings.